The fraction of sp³-hybridized carbons (Fsp3) is 0.400. The van der Waals surface area contributed by atoms with Gasteiger partial charge in [-0.25, -0.2) is 4.79 Å². The van der Waals surface area contributed by atoms with Crippen LogP contribution in [0.1, 0.15) is 30.9 Å². The van der Waals surface area contributed by atoms with Crippen LogP contribution in [0.5, 0.6) is 0 Å². The number of amides is 1. The minimum absolute atomic E-state index is 0.0574. The number of hydrogen-bond donors (Lipinski definition) is 0. The molecular weight excluding hydrogens is 318 g/mol. The van der Waals surface area contributed by atoms with Crippen molar-refractivity contribution in [2.75, 3.05) is 13.1 Å². The standard InChI is InChI=1S/C15H17ClN5O2/c1-15(2)6-7-19(10-15)14(23)21-13(9-22)20(17-18-21)12-5-3-4-11(16)8-12/h3-5,8-9H,6-7,10H2,1-2H3/q+1. The van der Waals surface area contributed by atoms with Gasteiger partial charge in [0.2, 0.25) is 6.29 Å². The first kappa shape index (κ1) is 15.6. The predicted molar refractivity (Wildman–Crippen MR) is 82.7 cm³/mol. The topological polar surface area (TPSA) is 72.0 Å². The maximum atomic E-state index is 12.6. The van der Waals surface area contributed by atoms with Crippen molar-refractivity contribution in [1.82, 2.24) is 20.0 Å². The maximum absolute atomic E-state index is 12.6. The zero-order valence-electron chi connectivity index (χ0n) is 12.9. The third kappa shape index (κ3) is 2.96. The van der Waals surface area contributed by atoms with E-state index in [-0.39, 0.29) is 17.3 Å². The van der Waals surface area contributed by atoms with Gasteiger partial charge in [-0.2, -0.15) is 0 Å². The second-order valence-electron chi connectivity index (χ2n) is 6.38. The maximum Gasteiger partial charge on any atom is 0.420 e. The third-order valence-electron chi connectivity index (χ3n) is 3.94. The van der Waals surface area contributed by atoms with Crippen LogP contribution in [-0.2, 0) is 0 Å². The molecule has 1 fully saturated rings. The second kappa shape index (κ2) is 5.73. The Bertz CT molecular complexity index is 771. The number of aromatic nitrogens is 4. The van der Waals surface area contributed by atoms with Crippen molar-refractivity contribution in [1.29, 1.82) is 0 Å². The largest absolute Gasteiger partial charge is 0.420 e. The number of carbonyl (C=O) groups excluding carboxylic acids is 2. The minimum Gasteiger partial charge on any atom is -0.308 e. The molecule has 3 rings (SSSR count). The highest BCUT2D eigenvalue weighted by molar-refractivity contribution is 6.30. The molecule has 0 N–H and O–H groups in total. The molecule has 0 saturated carbocycles. The summed E-state index contributed by atoms with van der Waals surface area (Å²) < 4.78 is 2.34. The van der Waals surface area contributed by atoms with Gasteiger partial charge in [-0.15, -0.1) is 0 Å². The molecule has 2 heterocycles. The molecule has 8 heteroatoms. The molecule has 1 aromatic heterocycles. The van der Waals surface area contributed by atoms with E-state index in [0.29, 0.717) is 30.1 Å². The average Bonchev–Trinajstić information content (AvgIpc) is 3.09. The van der Waals surface area contributed by atoms with Gasteiger partial charge in [-0.3, -0.25) is 4.79 Å². The van der Waals surface area contributed by atoms with Crippen LogP contribution in [0.25, 0.3) is 5.69 Å². The van der Waals surface area contributed by atoms with Gasteiger partial charge in [0.05, 0.1) is 0 Å². The SMILES string of the molecule is CC1(C)CCN(C(=O)n2nn[n+](-c3cccc(Cl)c3)c2C=O)C1. The molecule has 120 valence electrons. The Balaban J connectivity index is 1.96. The van der Waals surface area contributed by atoms with E-state index in [1.807, 2.05) is 0 Å². The van der Waals surface area contributed by atoms with Gasteiger partial charge in [-0.05, 0) is 30.0 Å². The van der Waals surface area contributed by atoms with Crippen LogP contribution >= 0.6 is 11.6 Å². The zero-order valence-corrected chi connectivity index (χ0v) is 13.7. The van der Waals surface area contributed by atoms with E-state index in [2.05, 4.69) is 24.3 Å². The number of hydrogen-bond acceptors (Lipinski definition) is 4. The average molecular weight is 335 g/mol. The lowest BCUT2D eigenvalue weighted by Gasteiger charge is -2.17. The smallest absolute Gasteiger partial charge is 0.308 e. The van der Waals surface area contributed by atoms with Crippen LogP contribution < -0.4 is 4.68 Å². The van der Waals surface area contributed by atoms with Crippen LogP contribution in [0.2, 0.25) is 5.02 Å². The van der Waals surface area contributed by atoms with Crippen molar-refractivity contribution in [3.05, 3.63) is 35.1 Å². The Morgan fingerprint density at radius 1 is 1.43 bits per heavy atom. The molecule has 1 aliphatic heterocycles. The Morgan fingerprint density at radius 2 is 2.22 bits per heavy atom. The molecule has 23 heavy (non-hydrogen) atoms. The number of carbonyl (C=O) groups is 2. The van der Waals surface area contributed by atoms with Gasteiger partial charge in [0, 0.05) is 22.8 Å². The summed E-state index contributed by atoms with van der Waals surface area (Å²) in [5.41, 5.74) is 0.640. The summed E-state index contributed by atoms with van der Waals surface area (Å²) in [4.78, 5) is 25.8. The third-order valence-corrected chi connectivity index (χ3v) is 4.18. The molecule has 0 aliphatic carbocycles. The van der Waals surface area contributed by atoms with Gasteiger partial charge >= 0.3 is 11.9 Å². The van der Waals surface area contributed by atoms with E-state index in [1.54, 1.807) is 29.2 Å². The summed E-state index contributed by atoms with van der Waals surface area (Å²) >= 11 is 5.96. The van der Waals surface area contributed by atoms with Crippen LogP contribution in [0.15, 0.2) is 24.3 Å². The van der Waals surface area contributed by atoms with E-state index in [4.69, 9.17) is 11.6 Å². The van der Waals surface area contributed by atoms with Crippen molar-refractivity contribution < 1.29 is 14.3 Å². The number of nitrogens with zero attached hydrogens (tertiary/aromatic N) is 5. The Hall–Kier alpha value is -2.28. The summed E-state index contributed by atoms with van der Waals surface area (Å²) in [6.07, 6.45) is 1.48. The number of benzene rings is 1. The van der Waals surface area contributed by atoms with Crippen LogP contribution in [-0.4, -0.2) is 45.4 Å². The first-order valence-electron chi connectivity index (χ1n) is 7.30. The lowest BCUT2D eigenvalue weighted by atomic mass is 9.93. The molecule has 0 bridgehead atoms. The summed E-state index contributed by atoms with van der Waals surface area (Å²) in [6, 6.07) is 6.50. The number of tetrazole rings is 1. The van der Waals surface area contributed by atoms with Crippen molar-refractivity contribution in [3.63, 3.8) is 0 Å². The lowest BCUT2D eigenvalue weighted by Crippen LogP contribution is -2.41. The fourth-order valence-electron chi connectivity index (χ4n) is 2.70. The highest BCUT2D eigenvalue weighted by Gasteiger charge is 2.38. The Kier molecular flexibility index (Phi) is 3.89. The number of aldehydes is 1. The van der Waals surface area contributed by atoms with Gasteiger partial charge < -0.3 is 4.90 Å². The summed E-state index contributed by atoms with van der Waals surface area (Å²) in [7, 11) is 0. The van der Waals surface area contributed by atoms with Gasteiger partial charge in [0.25, 0.3) is 0 Å². The minimum atomic E-state index is -0.342. The van der Waals surface area contributed by atoms with Crippen molar-refractivity contribution in [2.24, 2.45) is 5.41 Å². The molecule has 0 radical (unpaired) electrons. The molecule has 0 unspecified atom stereocenters. The van der Waals surface area contributed by atoms with E-state index < -0.39 is 0 Å². The summed E-state index contributed by atoms with van der Waals surface area (Å²) in [5.74, 6) is 0.0574. The summed E-state index contributed by atoms with van der Waals surface area (Å²) in [6.45, 7) is 5.48. The first-order valence-corrected chi connectivity index (χ1v) is 7.67. The zero-order chi connectivity index (χ0) is 16.6. The van der Waals surface area contributed by atoms with Crippen molar-refractivity contribution >= 4 is 23.9 Å². The van der Waals surface area contributed by atoms with Crippen LogP contribution in [0, 0.1) is 5.41 Å². The highest BCUT2D eigenvalue weighted by atomic mass is 35.5. The predicted octanol–water partition coefficient (Wildman–Crippen LogP) is 1.72. The fourth-order valence-corrected chi connectivity index (χ4v) is 2.88. The van der Waals surface area contributed by atoms with Gasteiger partial charge in [-0.1, -0.05) is 36.2 Å². The highest BCUT2D eigenvalue weighted by Crippen LogP contribution is 2.29. The van der Waals surface area contributed by atoms with Crippen molar-refractivity contribution in [2.45, 2.75) is 20.3 Å². The van der Waals surface area contributed by atoms with E-state index in [9.17, 15) is 9.59 Å². The first-order chi connectivity index (χ1) is 10.9. The Morgan fingerprint density at radius 3 is 2.83 bits per heavy atom. The quantitative estimate of drug-likeness (QED) is 0.476. The molecule has 1 aromatic carbocycles. The molecule has 1 saturated heterocycles. The molecule has 1 aliphatic rings. The van der Waals surface area contributed by atoms with E-state index in [0.717, 1.165) is 11.1 Å². The Labute approximate surface area is 138 Å². The second-order valence-corrected chi connectivity index (χ2v) is 6.81. The van der Waals surface area contributed by atoms with E-state index in [1.165, 1.54) is 4.68 Å². The van der Waals surface area contributed by atoms with Crippen LogP contribution in [0.4, 0.5) is 4.79 Å². The number of rotatable bonds is 2. The van der Waals surface area contributed by atoms with Gasteiger partial charge in [0.15, 0.2) is 5.21 Å². The number of halogens is 1. The summed E-state index contributed by atoms with van der Waals surface area (Å²) in [5, 5.41) is 8.28. The molecule has 2 aromatic rings. The molecule has 1 amide bonds. The monoisotopic (exact) mass is 334 g/mol. The molecule has 0 atom stereocenters. The molecule has 0 spiro atoms. The van der Waals surface area contributed by atoms with Crippen LogP contribution in [0.3, 0.4) is 0 Å². The lowest BCUT2D eigenvalue weighted by molar-refractivity contribution is -0.662. The van der Waals surface area contributed by atoms with E-state index >= 15 is 0 Å². The van der Waals surface area contributed by atoms with Gasteiger partial charge in [0.1, 0.15) is 10.9 Å². The van der Waals surface area contributed by atoms with Crippen molar-refractivity contribution in [3.8, 4) is 5.69 Å². The number of likely N-dealkylation sites (tertiary alicyclic amines) is 1. The molecular formula is C15H17ClN5O2+. The molecule has 7 nitrogen and oxygen atoms in total. The normalized spacial score (nSPS) is 16.6.